The second kappa shape index (κ2) is 8.37. The van der Waals surface area contributed by atoms with Gasteiger partial charge in [-0.25, -0.2) is 4.79 Å². The van der Waals surface area contributed by atoms with Gasteiger partial charge in [0.25, 0.3) is 5.91 Å². The molecule has 2 aromatic carbocycles. The number of aryl methyl sites for hydroxylation is 2. The van der Waals surface area contributed by atoms with Gasteiger partial charge in [-0.05, 0) is 61.4 Å². The van der Waals surface area contributed by atoms with E-state index in [0.717, 1.165) is 18.4 Å². The molecule has 0 aromatic heterocycles. The molecule has 0 spiro atoms. The van der Waals surface area contributed by atoms with Crippen molar-refractivity contribution >= 4 is 23.5 Å². The number of amides is 1. The van der Waals surface area contributed by atoms with E-state index in [1.54, 1.807) is 24.3 Å². The molecule has 0 heterocycles. The highest BCUT2D eigenvalue weighted by Crippen LogP contribution is 2.24. The Morgan fingerprint density at radius 3 is 2.62 bits per heavy atom. The van der Waals surface area contributed by atoms with Gasteiger partial charge in [0.2, 0.25) is 0 Å². The first kappa shape index (κ1) is 18.5. The van der Waals surface area contributed by atoms with E-state index >= 15 is 0 Å². The molecule has 0 bridgehead atoms. The van der Waals surface area contributed by atoms with Crippen LogP contribution in [0.4, 0.5) is 0 Å². The Morgan fingerprint density at radius 1 is 1.12 bits per heavy atom. The fraction of sp³-hybridized carbons (Fsp3) is 0.333. The lowest BCUT2D eigenvalue weighted by Gasteiger charge is -2.20. The molecule has 4 nitrogen and oxygen atoms in total. The largest absolute Gasteiger partial charge is 0.452 e. The van der Waals surface area contributed by atoms with Crippen LogP contribution in [0.25, 0.3) is 0 Å². The fourth-order valence-electron chi connectivity index (χ4n) is 3.22. The SMILES string of the molecule is C[C@@H](NC(=O)COC(=O)c1ccccc1Cl)c1ccc2c(c1)CCCC2. The summed E-state index contributed by atoms with van der Waals surface area (Å²) in [7, 11) is 0. The van der Waals surface area contributed by atoms with E-state index in [-0.39, 0.29) is 24.1 Å². The number of ether oxygens (including phenoxy) is 1. The van der Waals surface area contributed by atoms with Crippen molar-refractivity contribution in [2.75, 3.05) is 6.61 Å². The van der Waals surface area contributed by atoms with Gasteiger partial charge < -0.3 is 10.1 Å². The summed E-state index contributed by atoms with van der Waals surface area (Å²) >= 11 is 5.96. The van der Waals surface area contributed by atoms with Crippen LogP contribution >= 0.6 is 11.6 Å². The van der Waals surface area contributed by atoms with E-state index in [0.29, 0.717) is 5.02 Å². The maximum Gasteiger partial charge on any atom is 0.340 e. The summed E-state index contributed by atoms with van der Waals surface area (Å²) in [6, 6.07) is 12.8. The minimum Gasteiger partial charge on any atom is -0.452 e. The zero-order valence-electron chi connectivity index (χ0n) is 14.8. The van der Waals surface area contributed by atoms with Gasteiger partial charge in [0.1, 0.15) is 0 Å². The van der Waals surface area contributed by atoms with Crippen molar-refractivity contribution in [2.24, 2.45) is 0 Å². The molecule has 1 aliphatic carbocycles. The number of carbonyl (C=O) groups excluding carboxylic acids is 2. The summed E-state index contributed by atoms with van der Waals surface area (Å²) in [6.45, 7) is 1.59. The van der Waals surface area contributed by atoms with Crippen LogP contribution in [0.1, 0.15) is 52.9 Å². The summed E-state index contributed by atoms with van der Waals surface area (Å²) in [6.07, 6.45) is 4.69. The van der Waals surface area contributed by atoms with Gasteiger partial charge in [0.05, 0.1) is 16.6 Å². The minimum absolute atomic E-state index is 0.145. The molecule has 2 aromatic rings. The lowest BCUT2D eigenvalue weighted by molar-refractivity contribution is -0.124. The van der Waals surface area contributed by atoms with Crippen LogP contribution in [-0.2, 0) is 22.4 Å². The van der Waals surface area contributed by atoms with E-state index < -0.39 is 5.97 Å². The third-order valence-electron chi connectivity index (χ3n) is 4.68. The molecule has 0 fully saturated rings. The van der Waals surface area contributed by atoms with Crippen LogP contribution in [0.15, 0.2) is 42.5 Å². The minimum atomic E-state index is -0.604. The lowest BCUT2D eigenvalue weighted by Crippen LogP contribution is -2.31. The second-order valence-electron chi connectivity index (χ2n) is 6.58. The van der Waals surface area contributed by atoms with Crippen LogP contribution < -0.4 is 5.32 Å². The van der Waals surface area contributed by atoms with Crippen LogP contribution in [0.5, 0.6) is 0 Å². The molecule has 0 saturated carbocycles. The maximum atomic E-state index is 12.1. The van der Waals surface area contributed by atoms with Crippen molar-refractivity contribution in [3.05, 3.63) is 69.7 Å². The van der Waals surface area contributed by atoms with Crippen molar-refractivity contribution in [3.63, 3.8) is 0 Å². The van der Waals surface area contributed by atoms with Crippen molar-refractivity contribution in [1.29, 1.82) is 0 Å². The van der Waals surface area contributed by atoms with Crippen molar-refractivity contribution in [3.8, 4) is 0 Å². The smallest absolute Gasteiger partial charge is 0.340 e. The Balaban J connectivity index is 1.54. The first-order valence-corrected chi connectivity index (χ1v) is 9.25. The Bertz CT molecular complexity index is 819. The number of rotatable bonds is 5. The molecular formula is C21H22ClNO3. The number of benzene rings is 2. The summed E-state index contributed by atoms with van der Waals surface area (Å²) in [5.41, 5.74) is 4.10. The molecule has 3 rings (SSSR count). The predicted octanol–water partition coefficient (Wildman–Crippen LogP) is 4.25. The van der Waals surface area contributed by atoms with E-state index in [9.17, 15) is 9.59 Å². The highest BCUT2D eigenvalue weighted by Gasteiger charge is 2.16. The Morgan fingerprint density at radius 2 is 1.85 bits per heavy atom. The van der Waals surface area contributed by atoms with Crippen LogP contribution in [0.2, 0.25) is 5.02 Å². The molecule has 0 unspecified atom stereocenters. The molecule has 0 saturated heterocycles. The number of hydrogen-bond donors (Lipinski definition) is 1. The molecule has 1 aliphatic rings. The number of esters is 1. The fourth-order valence-corrected chi connectivity index (χ4v) is 3.44. The maximum absolute atomic E-state index is 12.1. The lowest BCUT2D eigenvalue weighted by atomic mass is 9.89. The molecule has 1 N–H and O–H groups in total. The van der Waals surface area contributed by atoms with Gasteiger partial charge >= 0.3 is 5.97 Å². The van der Waals surface area contributed by atoms with E-state index in [4.69, 9.17) is 16.3 Å². The number of fused-ring (bicyclic) bond motifs is 1. The number of hydrogen-bond acceptors (Lipinski definition) is 3. The van der Waals surface area contributed by atoms with Crippen molar-refractivity contribution in [1.82, 2.24) is 5.32 Å². The van der Waals surface area contributed by atoms with Crippen molar-refractivity contribution < 1.29 is 14.3 Å². The normalized spacial score (nSPS) is 14.2. The van der Waals surface area contributed by atoms with Gasteiger partial charge in [-0.3, -0.25) is 4.79 Å². The summed E-state index contributed by atoms with van der Waals surface area (Å²) in [5.74, 6) is -0.942. The first-order chi connectivity index (χ1) is 12.5. The molecule has 0 aliphatic heterocycles. The van der Waals surface area contributed by atoms with Crippen LogP contribution in [0.3, 0.4) is 0 Å². The molecule has 1 atom stereocenters. The zero-order chi connectivity index (χ0) is 18.5. The number of carbonyl (C=O) groups is 2. The Labute approximate surface area is 158 Å². The van der Waals surface area contributed by atoms with E-state index in [1.165, 1.54) is 24.0 Å². The first-order valence-electron chi connectivity index (χ1n) is 8.87. The van der Waals surface area contributed by atoms with Crippen LogP contribution in [0, 0.1) is 0 Å². The number of halogens is 1. The Kier molecular flexibility index (Phi) is 5.94. The van der Waals surface area contributed by atoms with Gasteiger partial charge in [-0.1, -0.05) is 41.9 Å². The second-order valence-corrected chi connectivity index (χ2v) is 6.99. The third kappa shape index (κ3) is 4.44. The topological polar surface area (TPSA) is 55.4 Å². The molecule has 1 amide bonds. The van der Waals surface area contributed by atoms with Gasteiger partial charge in [-0.2, -0.15) is 0 Å². The molecule has 136 valence electrons. The number of nitrogens with one attached hydrogen (secondary N) is 1. The van der Waals surface area contributed by atoms with Crippen molar-refractivity contribution in [2.45, 2.75) is 38.6 Å². The summed E-state index contributed by atoms with van der Waals surface area (Å²) in [4.78, 5) is 24.1. The molecule has 5 heteroatoms. The third-order valence-corrected chi connectivity index (χ3v) is 5.01. The average molecular weight is 372 g/mol. The van der Waals surface area contributed by atoms with E-state index in [2.05, 4.69) is 23.5 Å². The summed E-state index contributed by atoms with van der Waals surface area (Å²) < 4.78 is 5.06. The molecular weight excluding hydrogens is 350 g/mol. The zero-order valence-corrected chi connectivity index (χ0v) is 15.5. The molecule has 26 heavy (non-hydrogen) atoms. The van der Waals surface area contributed by atoms with Crippen LogP contribution in [-0.4, -0.2) is 18.5 Å². The molecule has 0 radical (unpaired) electrons. The predicted molar refractivity (Wildman–Crippen MR) is 101 cm³/mol. The standard InChI is InChI=1S/C21H22ClNO3/c1-14(16-11-10-15-6-2-3-7-17(15)12-16)23-20(24)13-26-21(25)18-8-4-5-9-19(18)22/h4-5,8-12,14H,2-3,6-7,13H2,1H3,(H,23,24)/t14-/m1/s1. The van der Waals surface area contributed by atoms with E-state index in [1.807, 2.05) is 6.92 Å². The van der Waals surface area contributed by atoms with Gasteiger partial charge in [0.15, 0.2) is 6.61 Å². The highest BCUT2D eigenvalue weighted by atomic mass is 35.5. The van der Waals surface area contributed by atoms with Gasteiger partial charge in [0, 0.05) is 0 Å². The highest BCUT2D eigenvalue weighted by molar-refractivity contribution is 6.33. The van der Waals surface area contributed by atoms with Gasteiger partial charge in [-0.15, -0.1) is 0 Å². The monoisotopic (exact) mass is 371 g/mol. The summed E-state index contributed by atoms with van der Waals surface area (Å²) in [5, 5.41) is 3.18. The Hall–Kier alpha value is -2.33. The quantitative estimate of drug-likeness (QED) is 0.799. The average Bonchev–Trinajstić information content (AvgIpc) is 2.66.